The van der Waals surface area contributed by atoms with Crippen LogP contribution < -0.4 is 10.7 Å². The molecule has 5 heteroatoms. The minimum absolute atomic E-state index is 0.266. The van der Waals surface area contributed by atoms with E-state index >= 15 is 0 Å². The predicted octanol–water partition coefficient (Wildman–Crippen LogP) is 2.29. The van der Waals surface area contributed by atoms with Crippen LogP contribution in [0.25, 0.3) is 0 Å². The number of anilines is 2. The first-order valence-electron chi connectivity index (χ1n) is 7.18. The summed E-state index contributed by atoms with van der Waals surface area (Å²) < 4.78 is 0. The van der Waals surface area contributed by atoms with Crippen molar-refractivity contribution >= 4 is 17.1 Å². The Balaban J connectivity index is 2.10. The first-order valence-corrected chi connectivity index (χ1v) is 7.18. The molecule has 1 unspecified atom stereocenters. The smallest absolute Gasteiger partial charge is 0.0942 e. The average molecular weight is 299 g/mol. The van der Waals surface area contributed by atoms with Gasteiger partial charge in [0.25, 0.3) is 0 Å². The highest BCUT2D eigenvalue weighted by Crippen LogP contribution is 2.16. The lowest BCUT2D eigenvalue weighted by atomic mass is 10.1. The highest BCUT2D eigenvalue weighted by atomic mass is 16.3. The number of nitrogens with one attached hydrogen (secondary N) is 2. The van der Waals surface area contributed by atoms with Crippen LogP contribution in [-0.2, 0) is 0 Å². The lowest BCUT2D eigenvalue weighted by Crippen LogP contribution is -2.23. The van der Waals surface area contributed by atoms with E-state index in [2.05, 4.69) is 15.8 Å². The quantitative estimate of drug-likeness (QED) is 0.467. The van der Waals surface area contributed by atoms with Gasteiger partial charge in [-0.05, 0) is 25.1 Å². The standard InChI is InChI=1S/C17H21N3O2/c1-13(19-20-14-7-3-2-4-8-14)16-9-5-6-10-17(16)18-11-15(22)12-21/h2-10,15,18,20-22H,11-12H2,1H3. The molecule has 0 spiro atoms. The summed E-state index contributed by atoms with van der Waals surface area (Å²) in [6.45, 7) is 1.93. The van der Waals surface area contributed by atoms with Crippen molar-refractivity contribution in [2.24, 2.45) is 5.10 Å². The molecule has 0 saturated heterocycles. The van der Waals surface area contributed by atoms with Crippen molar-refractivity contribution in [2.75, 3.05) is 23.9 Å². The number of nitrogens with zero attached hydrogens (tertiary/aromatic N) is 1. The monoisotopic (exact) mass is 299 g/mol. The molecular formula is C17H21N3O2. The van der Waals surface area contributed by atoms with Crippen molar-refractivity contribution < 1.29 is 10.2 Å². The number of hydrogen-bond donors (Lipinski definition) is 4. The average Bonchev–Trinajstić information content (AvgIpc) is 2.58. The number of rotatable bonds is 7. The summed E-state index contributed by atoms with van der Waals surface area (Å²) in [5.41, 5.74) is 6.57. The Kier molecular flexibility index (Phi) is 5.94. The molecule has 0 amide bonds. The summed E-state index contributed by atoms with van der Waals surface area (Å²) in [6.07, 6.45) is -0.784. The number of aliphatic hydroxyl groups is 2. The maximum absolute atomic E-state index is 9.45. The molecule has 2 aromatic rings. The highest BCUT2D eigenvalue weighted by molar-refractivity contribution is 6.03. The molecule has 5 nitrogen and oxygen atoms in total. The fourth-order valence-electron chi connectivity index (χ4n) is 1.97. The van der Waals surface area contributed by atoms with E-state index < -0.39 is 6.10 Å². The van der Waals surface area contributed by atoms with Crippen molar-refractivity contribution in [2.45, 2.75) is 13.0 Å². The molecule has 0 radical (unpaired) electrons. The van der Waals surface area contributed by atoms with Gasteiger partial charge in [-0.3, -0.25) is 5.43 Å². The molecule has 116 valence electrons. The third-order valence-electron chi connectivity index (χ3n) is 3.18. The zero-order valence-corrected chi connectivity index (χ0v) is 12.5. The summed E-state index contributed by atoms with van der Waals surface area (Å²) in [5.74, 6) is 0. The summed E-state index contributed by atoms with van der Waals surface area (Å²) in [4.78, 5) is 0. The van der Waals surface area contributed by atoms with Gasteiger partial charge in [0, 0.05) is 17.8 Å². The first-order chi connectivity index (χ1) is 10.7. The zero-order chi connectivity index (χ0) is 15.8. The van der Waals surface area contributed by atoms with Gasteiger partial charge < -0.3 is 15.5 Å². The van der Waals surface area contributed by atoms with Crippen LogP contribution in [0.1, 0.15) is 12.5 Å². The van der Waals surface area contributed by atoms with Crippen LogP contribution in [0.4, 0.5) is 11.4 Å². The second kappa shape index (κ2) is 8.17. The maximum Gasteiger partial charge on any atom is 0.0942 e. The molecule has 0 aliphatic heterocycles. The second-order valence-electron chi connectivity index (χ2n) is 4.94. The van der Waals surface area contributed by atoms with Gasteiger partial charge in [0.1, 0.15) is 0 Å². The Morgan fingerprint density at radius 2 is 1.77 bits per heavy atom. The Bertz CT molecular complexity index is 614. The van der Waals surface area contributed by atoms with E-state index in [0.29, 0.717) is 0 Å². The molecule has 1 atom stereocenters. The number of aliphatic hydroxyl groups excluding tert-OH is 2. The lowest BCUT2D eigenvalue weighted by molar-refractivity contribution is 0.105. The molecule has 2 aromatic carbocycles. The summed E-state index contributed by atoms with van der Waals surface area (Å²) in [6, 6.07) is 17.4. The van der Waals surface area contributed by atoms with Crippen LogP contribution >= 0.6 is 0 Å². The minimum atomic E-state index is -0.784. The maximum atomic E-state index is 9.45. The van der Waals surface area contributed by atoms with Crippen molar-refractivity contribution in [3.05, 3.63) is 60.2 Å². The van der Waals surface area contributed by atoms with E-state index in [1.165, 1.54) is 0 Å². The molecule has 4 N–H and O–H groups in total. The molecule has 2 rings (SSSR count). The van der Waals surface area contributed by atoms with Crippen molar-refractivity contribution in [1.82, 2.24) is 0 Å². The van der Waals surface area contributed by atoms with E-state index in [4.69, 9.17) is 5.11 Å². The predicted molar refractivity (Wildman–Crippen MR) is 90.3 cm³/mol. The highest BCUT2D eigenvalue weighted by Gasteiger charge is 2.07. The van der Waals surface area contributed by atoms with Crippen LogP contribution in [0.2, 0.25) is 0 Å². The van der Waals surface area contributed by atoms with Gasteiger partial charge >= 0.3 is 0 Å². The summed E-state index contributed by atoms with van der Waals surface area (Å²) in [7, 11) is 0. The molecule has 0 bridgehead atoms. The van der Waals surface area contributed by atoms with Gasteiger partial charge in [-0.2, -0.15) is 5.10 Å². The van der Waals surface area contributed by atoms with Crippen LogP contribution in [0.5, 0.6) is 0 Å². The molecule has 0 heterocycles. The number of benzene rings is 2. The Labute approximate surface area is 130 Å². The van der Waals surface area contributed by atoms with E-state index in [0.717, 1.165) is 22.6 Å². The normalized spacial score (nSPS) is 12.8. The van der Waals surface area contributed by atoms with E-state index in [1.54, 1.807) is 0 Å². The Morgan fingerprint density at radius 1 is 1.09 bits per heavy atom. The summed E-state index contributed by atoms with van der Waals surface area (Å²) >= 11 is 0. The Morgan fingerprint density at radius 3 is 2.50 bits per heavy atom. The number of hydrogen-bond acceptors (Lipinski definition) is 5. The van der Waals surface area contributed by atoms with Gasteiger partial charge in [-0.25, -0.2) is 0 Å². The van der Waals surface area contributed by atoms with Crippen LogP contribution in [-0.4, -0.2) is 35.2 Å². The molecule has 0 aliphatic carbocycles. The number of hydrazone groups is 1. The topological polar surface area (TPSA) is 76.9 Å². The molecule has 22 heavy (non-hydrogen) atoms. The van der Waals surface area contributed by atoms with Gasteiger partial charge in [0.15, 0.2) is 0 Å². The third kappa shape index (κ3) is 4.58. The minimum Gasteiger partial charge on any atom is -0.394 e. The lowest BCUT2D eigenvalue weighted by Gasteiger charge is -2.14. The molecule has 0 saturated carbocycles. The zero-order valence-electron chi connectivity index (χ0n) is 12.5. The van der Waals surface area contributed by atoms with Gasteiger partial charge in [0.05, 0.1) is 24.1 Å². The van der Waals surface area contributed by atoms with Gasteiger partial charge in [-0.1, -0.05) is 36.4 Å². The Hall–Kier alpha value is -2.37. The SMILES string of the molecule is CC(=NNc1ccccc1)c1ccccc1NCC(O)CO. The molecule has 0 aliphatic rings. The molecule has 0 fully saturated rings. The first kappa shape index (κ1) is 16.0. The van der Waals surface area contributed by atoms with E-state index in [1.807, 2.05) is 61.5 Å². The van der Waals surface area contributed by atoms with Crippen LogP contribution in [0.3, 0.4) is 0 Å². The van der Waals surface area contributed by atoms with Gasteiger partial charge in [-0.15, -0.1) is 0 Å². The summed E-state index contributed by atoms with van der Waals surface area (Å²) in [5, 5.41) is 25.8. The van der Waals surface area contributed by atoms with Gasteiger partial charge in [0.2, 0.25) is 0 Å². The van der Waals surface area contributed by atoms with Crippen LogP contribution in [0.15, 0.2) is 59.7 Å². The van der Waals surface area contributed by atoms with Crippen molar-refractivity contribution in [1.29, 1.82) is 0 Å². The second-order valence-corrected chi connectivity index (χ2v) is 4.94. The molecular weight excluding hydrogens is 278 g/mol. The fourth-order valence-corrected chi connectivity index (χ4v) is 1.97. The van der Waals surface area contributed by atoms with Crippen molar-refractivity contribution in [3.63, 3.8) is 0 Å². The van der Waals surface area contributed by atoms with Crippen molar-refractivity contribution in [3.8, 4) is 0 Å². The largest absolute Gasteiger partial charge is 0.394 e. The molecule has 0 aromatic heterocycles. The van der Waals surface area contributed by atoms with Crippen LogP contribution in [0, 0.1) is 0 Å². The van der Waals surface area contributed by atoms with E-state index in [9.17, 15) is 5.11 Å². The van der Waals surface area contributed by atoms with E-state index in [-0.39, 0.29) is 13.2 Å². The fraction of sp³-hybridized carbons (Fsp3) is 0.235. The third-order valence-corrected chi connectivity index (χ3v) is 3.18. The number of para-hydroxylation sites is 2.